The zero-order chi connectivity index (χ0) is 13.7. The SMILES string of the molecule is CCc1nc(CC)n(CC(NC)c2ccccc2)n1. The van der Waals surface area contributed by atoms with Gasteiger partial charge in [0.05, 0.1) is 12.6 Å². The fraction of sp³-hybridized carbons (Fsp3) is 0.467. The molecule has 102 valence electrons. The number of likely N-dealkylation sites (N-methyl/N-ethyl adjacent to an activating group) is 1. The maximum absolute atomic E-state index is 4.58. The van der Waals surface area contributed by atoms with Crippen molar-refractivity contribution in [1.29, 1.82) is 0 Å². The molecule has 1 aromatic carbocycles. The standard InChI is InChI=1S/C15H22N4/c1-4-14-17-15(5-2)19(18-14)11-13(16-3)12-9-7-6-8-10-12/h6-10,13,16H,4-5,11H2,1-3H3. The Morgan fingerprint density at radius 3 is 2.47 bits per heavy atom. The smallest absolute Gasteiger partial charge is 0.150 e. The van der Waals surface area contributed by atoms with Gasteiger partial charge in [-0.05, 0) is 12.6 Å². The molecule has 1 unspecified atom stereocenters. The van der Waals surface area contributed by atoms with Crippen LogP contribution in [0.4, 0.5) is 0 Å². The maximum atomic E-state index is 4.58. The normalized spacial score (nSPS) is 12.6. The fourth-order valence-corrected chi connectivity index (χ4v) is 2.21. The van der Waals surface area contributed by atoms with Gasteiger partial charge in [0, 0.05) is 12.8 Å². The van der Waals surface area contributed by atoms with Gasteiger partial charge in [-0.15, -0.1) is 0 Å². The summed E-state index contributed by atoms with van der Waals surface area (Å²) in [5.41, 5.74) is 1.28. The van der Waals surface area contributed by atoms with Crippen molar-refractivity contribution in [1.82, 2.24) is 20.1 Å². The molecule has 0 aliphatic rings. The van der Waals surface area contributed by atoms with E-state index in [4.69, 9.17) is 0 Å². The average Bonchev–Trinajstić information content (AvgIpc) is 2.87. The Bertz CT molecular complexity index is 504. The fourth-order valence-electron chi connectivity index (χ4n) is 2.21. The van der Waals surface area contributed by atoms with E-state index in [2.05, 4.69) is 53.5 Å². The van der Waals surface area contributed by atoms with Crippen LogP contribution < -0.4 is 5.32 Å². The van der Waals surface area contributed by atoms with Crippen LogP contribution in [-0.4, -0.2) is 21.8 Å². The molecule has 1 N–H and O–H groups in total. The van der Waals surface area contributed by atoms with Crippen molar-refractivity contribution in [2.75, 3.05) is 7.05 Å². The third-order valence-electron chi connectivity index (χ3n) is 3.33. The molecule has 1 heterocycles. The first-order valence-corrected chi connectivity index (χ1v) is 6.93. The number of benzene rings is 1. The van der Waals surface area contributed by atoms with Gasteiger partial charge in [-0.3, -0.25) is 0 Å². The topological polar surface area (TPSA) is 42.7 Å². The second-order valence-electron chi connectivity index (χ2n) is 4.59. The van der Waals surface area contributed by atoms with Gasteiger partial charge in [0.15, 0.2) is 5.82 Å². The molecule has 4 heteroatoms. The highest BCUT2D eigenvalue weighted by molar-refractivity contribution is 5.18. The highest BCUT2D eigenvalue weighted by Crippen LogP contribution is 2.15. The molecule has 0 aliphatic carbocycles. The lowest BCUT2D eigenvalue weighted by molar-refractivity contribution is 0.454. The largest absolute Gasteiger partial charge is 0.311 e. The minimum absolute atomic E-state index is 0.262. The summed E-state index contributed by atoms with van der Waals surface area (Å²) in [4.78, 5) is 4.55. The molecule has 1 aromatic heterocycles. The molecule has 2 rings (SSSR count). The van der Waals surface area contributed by atoms with Gasteiger partial charge in [0.25, 0.3) is 0 Å². The van der Waals surface area contributed by atoms with E-state index in [1.54, 1.807) is 0 Å². The van der Waals surface area contributed by atoms with Gasteiger partial charge in [-0.1, -0.05) is 44.2 Å². The number of hydrogen-bond acceptors (Lipinski definition) is 3. The van der Waals surface area contributed by atoms with Crippen molar-refractivity contribution in [3.05, 3.63) is 47.5 Å². The van der Waals surface area contributed by atoms with E-state index >= 15 is 0 Å². The number of hydrogen-bond donors (Lipinski definition) is 1. The Balaban J connectivity index is 2.21. The number of aryl methyl sites for hydroxylation is 2. The van der Waals surface area contributed by atoms with E-state index in [1.165, 1.54) is 5.56 Å². The minimum Gasteiger partial charge on any atom is -0.311 e. The van der Waals surface area contributed by atoms with E-state index in [-0.39, 0.29) is 6.04 Å². The summed E-state index contributed by atoms with van der Waals surface area (Å²) in [6.45, 7) is 5.03. The molecule has 1 atom stereocenters. The highest BCUT2D eigenvalue weighted by atomic mass is 15.4. The van der Waals surface area contributed by atoms with E-state index < -0.39 is 0 Å². The van der Waals surface area contributed by atoms with Crippen LogP contribution in [0.15, 0.2) is 30.3 Å². The van der Waals surface area contributed by atoms with E-state index in [1.807, 2.05) is 17.8 Å². The van der Waals surface area contributed by atoms with Crippen LogP contribution in [0.3, 0.4) is 0 Å². The molecule has 0 bridgehead atoms. The molecule has 0 amide bonds. The van der Waals surface area contributed by atoms with Gasteiger partial charge < -0.3 is 5.32 Å². The van der Waals surface area contributed by atoms with Gasteiger partial charge in [0.1, 0.15) is 5.82 Å². The molecule has 19 heavy (non-hydrogen) atoms. The second kappa shape index (κ2) is 6.48. The van der Waals surface area contributed by atoms with E-state index in [0.29, 0.717) is 0 Å². The lowest BCUT2D eigenvalue weighted by atomic mass is 10.1. The predicted molar refractivity (Wildman–Crippen MR) is 77.0 cm³/mol. The van der Waals surface area contributed by atoms with Crippen LogP contribution in [0.1, 0.15) is 37.1 Å². The van der Waals surface area contributed by atoms with Crippen molar-refractivity contribution in [3.63, 3.8) is 0 Å². The van der Waals surface area contributed by atoms with E-state index in [9.17, 15) is 0 Å². The highest BCUT2D eigenvalue weighted by Gasteiger charge is 2.14. The summed E-state index contributed by atoms with van der Waals surface area (Å²) in [6, 6.07) is 10.7. The summed E-state index contributed by atoms with van der Waals surface area (Å²) in [5, 5.41) is 7.94. The molecule has 2 aromatic rings. The summed E-state index contributed by atoms with van der Waals surface area (Å²) in [6.07, 6.45) is 1.80. The third-order valence-corrected chi connectivity index (χ3v) is 3.33. The van der Waals surface area contributed by atoms with Crippen LogP contribution in [-0.2, 0) is 19.4 Å². The molecular weight excluding hydrogens is 236 g/mol. The first-order chi connectivity index (χ1) is 9.28. The lowest BCUT2D eigenvalue weighted by Gasteiger charge is -2.17. The van der Waals surface area contributed by atoms with Gasteiger partial charge in [0.2, 0.25) is 0 Å². The Hall–Kier alpha value is -1.68. The van der Waals surface area contributed by atoms with Crippen LogP contribution >= 0.6 is 0 Å². The second-order valence-corrected chi connectivity index (χ2v) is 4.59. The summed E-state index contributed by atoms with van der Waals surface area (Å²) in [7, 11) is 1.99. The molecule has 0 saturated heterocycles. The Kier molecular flexibility index (Phi) is 4.68. The van der Waals surface area contributed by atoms with Crippen molar-refractivity contribution in [2.24, 2.45) is 0 Å². The molecule has 0 radical (unpaired) electrons. The number of nitrogens with zero attached hydrogens (tertiary/aromatic N) is 3. The zero-order valence-corrected chi connectivity index (χ0v) is 11.9. The van der Waals surface area contributed by atoms with Crippen LogP contribution in [0.2, 0.25) is 0 Å². The molecule has 0 spiro atoms. The maximum Gasteiger partial charge on any atom is 0.150 e. The quantitative estimate of drug-likeness (QED) is 0.865. The first-order valence-electron chi connectivity index (χ1n) is 6.93. The predicted octanol–water partition coefficient (Wildman–Crippen LogP) is 2.36. The van der Waals surface area contributed by atoms with Crippen LogP contribution in [0.25, 0.3) is 0 Å². The number of aromatic nitrogens is 3. The van der Waals surface area contributed by atoms with Crippen molar-refractivity contribution >= 4 is 0 Å². The zero-order valence-electron chi connectivity index (χ0n) is 11.9. The third kappa shape index (κ3) is 3.20. The van der Waals surface area contributed by atoms with E-state index in [0.717, 1.165) is 31.0 Å². The lowest BCUT2D eigenvalue weighted by Crippen LogP contribution is -2.23. The number of rotatable bonds is 6. The Labute approximate surface area is 114 Å². The molecule has 0 fully saturated rings. The summed E-state index contributed by atoms with van der Waals surface area (Å²) in [5.74, 6) is 1.99. The molecular formula is C15H22N4. The van der Waals surface area contributed by atoms with Crippen molar-refractivity contribution in [3.8, 4) is 0 Å². The van der Waals surface area contributed by atoms with Gasteiger partial charge in [-0.25, -0.2) is 9.67 Å². The Morgan fingerprint density at radius 1 is 1.16 bits per heavy atom. The van der Waals surface area contributed by atoms with Crippen LogP contribution in [0, 0.1) is 0 Å². The average molecular weight is 258 g/mol. The Morgan fingerprint density at radius 2 is 1.89 bits per heavy atom. The molecule has 0 saturated carbocycles. The van der Waals surface area contributed by atoms with Crippen LogP contribution in [0.5, 0.6) is 0 Å². The first kappa shape index (κ1) is 13.7. The van der Waals surface area contributed by atoms with Gasteiger partial charge in [-0.2, -0.15) is 5.10 Å². The summed E-state index contributed by atoms with van der Waals surface area (Å²) >= 11 is 0. The van der Waals surface area contributed by atoms with Crippen molar-refractivity contribution in [2.45, 2.75) is 39.3 Å². The monoisotopic (exact) mass is 258 g/mol. The minimum atomic E-state index is 0.262. The van der Waals surface area contributed by atoms with Crippen molar-refractivity contribution < 1.29 is 0 Å². The summed E-state index contributed by atoms with van der Waals surface area (Å²) < 4.78 is 2.03. The number of nitrogens with one attached hydrogen (secondary N) is 1. The molecule has 4 nitrogen and oxygen atoms in total. The van der Waals surface area contributed by atoms with Gasteiger partial charge >= 0.3 is 0 Å². The molecule has 0 aliphatic heterocycles.